The Kier molecular flexibility index (Phi) is 5.06. The maximum absolute atomic E-state index is 12.2. The van der Waals surface area contributed by atoms with E-state index in [2.05, 4.69) is 10.3 Å². The second-order valence-corrected chi connectivity index (χ2v) is 4.88. The third-order valence-corrected chi connectivity index (χ3v) is 3.28. The fourth-order valence-electron chi connectivity index (χ4n) is 2.15. The minimum atomic E-state index is -0.474. The van der Waals surface area contributed by atoms with E-state index in [1.54, 1.807) is 18.1 Å². The van der Waals surface area contributed by atoms with Crippen LogP contribution >= 0.6 is 0 Å². The van der Waals surface area contributed by atoms with Gasteiger partial charge in [0.15, 0.2) is 0 Å². The Bertz CT molecular complexity index is 456. The molecule has 1 aliphatic rings. The molecule has 108 valence electrons. The van der Waals surface area contributed by atoms with E-state index in [9.17, 15) is 9.59 Å². The lowest BCUT2D eigenvalue weighted by Crippen LogP contribution is -2.44. The van der Waals surface area contributed by atoms with Crippen molar-refractivity contribution in [2.75, 3.05) is 33.2 Å². The smallest absolute Gasteiger partial charge is 0.312 e. The van der Waals surface area contributed by atoms with Crippen LogP contribution in [0.15, 0.2) is 24.4 Å². The summed E-state index contributed by atoms with van der Waals surface area (Å²) in [4.78, 5) is 31.5. The molecular weight excluding hydrogens is 256 g/mol. The summed E-state index contributed by atoms with van der Waals surface area (Å²) in [6, 6.07) is 5.52. The molecule has 1 aromatic heterocycles. The van der Waals surface area contributed by atoms with Crippen molar-refractivity contribution < 1.29 is 9.59 Å². The standard InChI is InChI=1S/C14H20N4O2/c1-17(11-12-5-2-3-7-16-12)13(19)14(20)18-9-4-6-15-8-10-18/h2-3,5,7,15H,4,6,8-11H2,1H3. The summed E-state index contributed by atoms with van der Waals surface area (Å²) in [5, 5.41) is 3.21. The van der Waals surface area contributed by atoms with Crippen LogP contribution in [0.1, 0.15) is 12.1 Å². The molecule has 1 aliphatic heterocycles. The first-order valence-corrected chi connectivity index (χ1v) is 6.83. The second-order valence-electron chi connectivity index (χ2n) is 4.88. The predicted molar refractivity (Wildman–Crippen MR) is 74.8 cm³/mol. The molecule has 2 amide bonds. The number of rotatable bonds is 2. The molecule has 6 heteroatoms. The molecule has 0 spiro atoms. The van der Waals surface area contributed by atoms with Crippen LogP contribution < -0.4 is 5.32 Å². The maximum atomic E-state index is 12.2. The molecule has 0 aliphatic carbocycles. The van der Waals surface area contributed by atoms with Crippen molar-refractivity contribution in [2.45, 2.75) is 13.0 Å². The number of nitrogens with zero attached hydrogens (tertiary/aromatic N) is 3. The molecule has 6 nitrogen and oxygen atoms in total. The Morgan fingerprint density at radius 1 is 1.35 bits per heavy atom. The van der Waals surface area contributed by atoms with Crippen molar-refractivity contribution in [1.29, 1.82) is 0 Å². The van der Waals surface area contributed by atoms with Gasteiger partial charge in [0, 0.05) is 32.9 Å². The Balaban J connectivity index is 1.93. The fourth-order valence-corrected chi connectivity index (χ4v) is 2.15. The van der Waals surface area contributed by atoms with Gasteiger partial charge in [-0.1, -0.05) is 6.07 Å². The SMILES string of the molecule is CN(Cc1ccccn1)C(=O)C(=O)N1CCCNCC1. The molecule has 0 saturated carbocycles. The summed E-state index contributed by atoms with van der Waals surface area (Å²) >= 11 is 0. The number of likely N-dealkylation sites (N-methyl/N-ethyl adjacent to an activating group) is 1. The monoisotopic (exact) mass is 276 g/mol. The van der Waals surface area contributed by atoms with Crippen molar-refractivity contribution in [3.8, 4) is 0 Å². The van der Waals surface area contributed by atoms with Gasteiger partial charge < -0.3 is 15.1 Å². The van der Waals surface area contributed by atoms with Crippen molar-refractivity contribution in [2.24, 2.45) is 0 Å². The van der Waals surface area contributed by atoms with Gasteiger partial charge in [0.25, 0.3) is 0 Å². The predicted octanol–water partition coefficient (Wildman–Crippen LogP) is -0.138. The summed E-state index contributed by atoms with van der Waals surface area (Å²) in [6.45, 7) is 3.19. The molecule has 0 atom stereocenters. The van der Waals surface area contributed by atoms with Gasteiger partial charge in [0.1, 0.15) is 0 Å². The summed E-state index contributed by atoms with van der Waals surface area (Å²) in [6.07, 6.45) is 2.55. The molecule has 2 heterocycles. The molecule has 1 saturated heterocycles. The average Bonchev–Trinajstić information content (AvgIpc) is 2.75. The van der Waals surface area contributed by atoms with E-state index < -0.39 is 11.8 Å². The Hall–Kier alpha value is -1.95. The summed E-state index contributed by atoms with van der Waals surface area (Å²) < 4.78 is 0. The molecular formula is C14H20N4O2. The third kappa shape index (κ3) is 3.77. The van der Waals surface area contributed by atoms with Crippen molar-refractivity contribution in [1.82, 2.24) is 20.1 Å². The van der Waals surface area contributed by atoms with Gasteiger partial charge in [-0.15, -0.1) is 0 Å². The largest absolute Gasteiger partial charge is 0.333 e. The van der Waals surface area contributed by atoms with Gasteiger partial charge in [0.2, 0.25) is 0 Å². The fraction of sp³-hybridized carbons (Fsp3) is 0.500. The highest BCUT2D eigenvalue weighted by Gasteiger charge is 2.25. The molecule has 2 rings (SSSR count). The second kappa shape index (κ2) is 7.00. The number of amides is 2. The zero-order chi connectivity index (χ0) is 14.4. The molecule has 0 unspecified atom stereocenters. The number of nitrogens with one attached hydrogen (secondary N) is 1. The van der Waals surface area contributed by atoms with Crippen LogP contribution in [0, 0.1) is 0 Å². The summed E-state index contributed by atoms with van der Waals surface area (Å²) in [5.41, 5.74) is 0.772. The number of aromatic nitrogens is 1. The lowest BCUT2D eigenvalue weighted by Gasteiger charge is -2.23. The van der Waals surface area contributed by atoms with Crippen molar-refractivity contribution >= 4 is 11.8 Å². The van der Waals surface area contributed by atoms with Gasteiger partial charge in [-0.2, -0.15) is 0 Å². The Morgan fingerprint density at radius 3 is 2.95 bits per heavy atom. The summed E-state index contributed by atoms with van der Waals surface area (Å²) in [7, 11) is 1.63. The van der Waals surface area contributed by atoms with E-state index in [4.69, 9.17) is 0 Å². The number of hydrogen-bond acceptors (Lipinski definition) is 4. The molecule has 20 heavy (non-hydrogen) atoms. The van der Waals surface area contributed by atoms with Gasteiger partial charge in [-0.25, -0.2) is 0 Å². The van der Waals surface area contributed by atoms with E-state index in [-0.39, 0.29) is 0 Å². The average molecular weight is 276 g/mol. The molecule has 0 bridgehead atoms. The minimum absolute atomic E-state index is 0.345. The maximum Gasteiger partial charge on any atom is 0.312 e. The lowest BCUT2D eigenvalue weighted by molar-refractivity contribution is -0.151. The Labute approximate surface area is 118 Å². The van der Waals surface area contributed by atoms with E-state index in [1.807, 2.05) is 18.2 Å². The van der Waals surface area contributed by atoms with Crippen LogP contribution in [0.2, 0.25) is 0 Å². The highest BCUT2D eigenvalue weighted by molar-refractivity contribution is 6.34. The lowest BCUT2D eigenvalue weighted by atomic mass is 10.3. The quantitative estimate of drug-likeness (QED) is 0.764. The van der Waals surface area contributed by atoms with Crippen LogP contribution in [-0.2, 0) is 16.1 Å². The van der Waals surface area contributed by atoms with Gasteiger partial charge >= 0.3 is 11.8 Å². The topological polar surface area (TPSA) is 65.5 Å². The summed E-state index contributed by atoms with van der Waals surface area (Å²) in [5.74, 6) is -0.898. The van der Waals surface area contributed by atoms with Gasteiger partial charge in [-0.3, -0.25) is 14.6 Å². The van der Waals surface area contributed by atoms with Crippen LogP contribution in [0.5, 0.6) is 0 Å². The zero-order valence-electron chi connectivity index (χ0n) is 11.7. The molecule has 0 aromatic carbocycles. The minimum Gasteiger partial charge on any atom is -0.333 e. The number of carbonyl (C=O) groups excluding carboxylic acids is 2. The van der Waals surface area contributed by atoms with Crippen LogP contribution in [0.4, 0.5) is 0 Å². The first kappa shape index (κ1) is 14.5. The normalized spacial score (nSPS) is 15.6. The number of pyridine rings is 1. The van der Waals surface area contributed by atoms with Gasteiger partial charge in [0.05, 0.1) is 12.2 Å². The highest BCUT2D eigenvalue weighted by atomic mass is 16.2. The highest BCUT2D eigenvalue weighted by Crippen LogP contribution is 2.03. The van der Waals surface area contributed by atoms with E-state index in [0.29, 0.717) is 19.6 Å². The van der Waals surface area contributed by atoms with Crippen LogP contribution in [-0.4, -0.2) is 59.8 Å². The Morgan fingerprint density at radius 2 is 2.20 bits per heavy atom. The molecule has 1 fully saturated rings. The molecule has 0 radical (unpaired) electrons. The number of hydrogen-bond donors (Lipinski definition) is 1. The van der Waals surface area contributed by atoms with E-state index in [0.717, 1.165) is 25.2 Å². The molecule has 1 aromatic rings. The van der Waals surface area contributed by atoms with Gasteiger partial charge in [-0.05, 0) is 25.1 Å². The van der Waals surface area contributed by atoms with E-state index in [1.165, 1.54) is 4.90 Å². The number of carbonyl (C=O) groups is 2. The first-order chi connectivity index (χ1) is 9.68. The van der Waals surface area contributed by atoms with Crippen LogP contribution in [0.3, 0.4) is 0 Å². The van der Waals surface area contributed by atoms with Crippen molar-refractivity contribution in [3.63, 3.8) is 0 Å². The molecule has 1 N–H and O–H groups in total. The van der Waals surface area contributed by atoms with Crippen molar-refractivity contribution in [3.05, 3.63) is 30.1 Å². The van der Waals surface area contributed by atoms with Crippen LogP contribution in [0.25, 0.3) is 0 Å². The zero-order valence-corrected chi connectivity index (χ0v) is 11.7. The first-order valence-electron chi connectivity index (χ1n) is 6.83. The van der Waals surface area contributed by atoms with E-state index >= 15 is 0 Å². The third-order valence-electron chi connectivity index (χ3n) is 3.28.